The molecule has 10 heteroatoms. The Hall–Kier alpha value is -3.56. The number of rotatable bonds is 2. The minimum absolute atomic E-state index is 0.0286. The number of halogens is 1. The Bertz CT molecular complexity index is 1110. The predicted molar refractivity (Wildman–Crippen MR) is 97.5 cm³/mol. The first-order valence-corrected chi connectivity index (χ1v) is 8.61. The van der Waals surface area contributed by atoms with E-state index in [1.165, 1.54) is 12.3 Å². The first-order chi connectivity index (χ1) is 13.3. The Morgan fingerprint density at radius 2 is 2.11 bits per heavy atom. The number of nitrogens with one attached hydrogen (secondary N) is 1. The van der Waals surface area contributed by atoms with Gasteiger partial charge in [-0.2, -0.15) is 5.10 Å². The van der Waals surface area contributed by atoms with Crippen LogP contribution in [0.2, 0.25) is 0 Å². The third-order valence-corrected chi connectivity index (χ3v) is 4.28. The zero-order chi connectivity index (χ0) is 20.0. The van der Waals surface area contributed by atoms with E-state index in [2.05, 4.69) is 20.4 Å². The summed E-state index contributed by atoms with van der Waals surface area (Å²) in [5.74, 6) is -1.44. The highest BCUT2D eigenvalue weighted by molar-refractivity contribution is 6.07. The van der Waals surface area contributed by atoms with E-state index in [9.17, 15) is 14.0 Å². The molecule has 0 atom stereocenters. The quantitative estimate of drug-likeness (QED) is 0.729. The van der Waals surface area contributed by atoms with E-state index < -0.39 is 24.5 Å². The van der Waals surface area contributed by atoms with Crippen molar-refractivity contribution < 1.29 is 18.7 Å². The minimum Gasteiger partial charge on any atom is -0.470 e. The fraction of sp³-hybridized carbons (Fsp3) is 0.278. The summed E-state index contributed by atoms with van der Waals surface area (Å²) in [4.78, 5) is 34.4. The normalized spacial score (nSPS) is 13.9. The molecule has 3 amide bonds. The summed E-state index contributed by atoms with van der Waals surface area (Å²) in [6, 6.07) is 2.05. The lowest BCUT2D eigenvalue weighted by molar-refractivity contribution is 0.0694. The van der Waals surface area contributed by atoms with E-state index in [1.54, 1.807) is 23.9 Å². The van der Waals surface area contributed by atoms with E-state index in [0.29, 0.717) is 16.6 Å². The second-order valence-corrected chi connectivity index (χ2v) is 6.71. The first kappa shape index (κ1) is 17.8. The Kier molecular flexibility index (Phi) is 4.17. The molecule has 1 aliphatic heterocycles. The maximum atomic E-state index is 14.2. The van der Waals surface area contributed by atoms with Crippen LogP contribution < -0.4 is 10.1 Å². The monoisotopic (exact) mass is 384 g/mol. The van der Waals surface area contributed by atoms with E-state index in [0.717, 1.165) is 4.90 Å². The number of fused-ring (bicyclic) bond motifs is 2. The largest absolute Gasteiger partial charge is 0.470 e. The van der Waals surface area contributed by atoms with Gasteiger partial charge >= 0.3 is 11.9 Å². The van der Waals surface area contributed by atoms with Crippen molar-refractivity contribution >= 4 is 28.7 Å². The van der Waals surface area contributed by atoms with Gasteiger partial charge in [-0.25, -0.2) is 28.7 Å². The van der Waals surface area contributed by atoms with Crippen LogP contribution in [0.1, 0.15) is 36.1 Å². The number of hydrogen-bond acceptors (Lipinski definition) is 6. The molecule has 0 spiro atoms. The average molecular weight is 384 g/mol. The highest BCUT2D eigenvalue weighted by atomic mass is 19.1. The van der Waals surface area contributed by atoms with Gasteiger partial charge in [0.05, 0.1) is 11.6 Å². The molecule has 0 saturated carbocycles. The van der Waals surface area contributed by atoms with Crippen LogP contribution in [0.3, 0.4) is 0 Å². The third kappa shape index (κ3) is 2.92. The first-order valence-electron chi connectivity index (χ1n) is 8.61. The molecule has 2 aromatic heterocycles. The molecule has 0 fully saturated rings. The van der Waals surface area contributed by atoms with Crippen molar-refractivity contribution in [3.63, 3.8) is 0 Å². The number of urea groups is 1. The summed E-state index contributed by atoms with van der Waals surface area (Å²) in [6.07, 6.45) is 3.07. The molecule has 4 rings (SSSR count). The van der Waals surface area contributed by atoms with Gasteiger partial charge in [0, 0.05) is 12.2 Å². The number of aromatic nitrogens is 4. The number of amides is 3. The van der Waals surface area contributed by atoms with Crippen LogP contribution in [-0.4, -0.2) is 43.3 Å². The molecular formula is C18H17FN6O3. The lowest BCUT2D eigenvalue weighted by Crippen LogP contribution is -2.41. The highest BCUT2D eigenvalue weighted by Gasteiger charge is 2.31. The van der Waals surface area contributed by atoms with Crippen molar-refractivity contribution in [2.75, 3.05) is 12.0 Å². The van der Waals surface area contributed by atoms with Crippen LogP contribution in [0.5, 0.6) is 5.75 Å². The van der Waals surface area contributed by atoms with Crippen molar-refractivity contribution in [3.05, 3.63) is 41.7 Å². The summed E-state index contributed by atoms with van der Waals surface area (Å²) < 4.78 is 21.3. The molecular weight excluding hydrogens is 367 g/mol. The van der Waals surface area contributed by atoms with Gasteiger partial charge in [0.15, 0.2) is 18.2 Å². The van der Waals surface area contributed by atoms with Gasteiger partial charge in [-0.05, 0) is 38.5 Å². The van der Waals surface area contributed by atoms with Gasteiger partial charge in [0.25, 0.3) is 0 Å². The van der Waals surface area contributed by atoms with Crippen LogP contribution in [0.4, 0.5) is 14.9 Å². The van der Waals surface area contributed by atoms with Gasteiger partial charge in [0.1, 0.15) is 11.4 Å². The molecule has 0 bridgehead atoms. The third-order valence-electron chi connectivity index (χ3n) is 4.28. The number of hydrogen-bond donors (Lipinski definition) is 1. The molecule has 1 aromatic carbocycles. The fourth-order valence-electron chi connectivity index (χ4n) is 2.90. The van der Waals surface area contributed by atoms with Gasteiger partial charge in [-0.3, -0.25) is 4.79 Å². The zero-order valence-corrected chi connectivity index (χ0v) is 15.4. The molecule has 1 aliphatic rings. The molecule has 0 saturated heterocycles. The summed E-state index contributed by atoms with van der Waals surface area (Å²) >= 11 is 0. The minimum atomic E-state index is -0.826. The Morgan fingerprint density at radius 3 is 2.86 bits per heavy atom. The summed E-state index contributed by atoms with van der Waals surface area (Å²) in [7, 11) is 0. The number of carbonyl (C=O) groups is 2. The zero-order valence-electron chi connectivity index (χ0n) is 15.4. The lowest BCUT2D eigenvalue weighted by Gasteiger charge is -2.16. The number of benzene rings is 1. The maximum Gasteiger partial charge on any atom is 0.331 e. The number of nitrogens with zero attached hydrogens (tertiary/aromatic N) is 5. The Morgan fingerprint density at radius 1 is 1.32 bits per heavy atom. The van der Waals surface area contributed by atoms with E-state index in [1.807, 2.05) is 13.8 Å². The summed E-state index contributed by atoms with van der Waals surface area (Å²) in [6.45, 7) is 5.16. The Labute approximate surface area is 159 Å². The second-order valence-electron chi connectivity index (χ2n) is 6.71. The van der Waals surface area contributed by atoms with Crippen molar-refractivity contribution in [1.29, 1.82) is 0 Å². The molecule has 0 aliphatic carbocycles. The number of imide groups is 1. The average Bonchev–Trinajstić information content (AvgIpc) is 2.99. The van der Waals surface area contributed by atoms with Gasteiger partial charge in [-0.15, -0.1) is 0 Å². The van der Waals surface area contributed by atoms with Crippen LogP contribution in [0.15, 0.2) is 24.5 Å². The molecule has 3 heterocycles. The van der Waals surface area contributed by atoms with Crippen LogP contribution in [-0.2, 0) is 0 Å². The van der Waals surface area contributed by atoms with Crippen molar-refractivity contribution in [1.82, 2.24) is 24.6 Å². The Balaban J connectivity index is 1.67. The van der Waals surface area contributed by atoms with Crippen LogP contribution in [0, 0.1) is 12.7 Å². The molecule has 28 heavy (non-hydrogen) atoms. The summed E-state index contributed by atoms with van der Waals surface area (Å²) in [5, 5.41) is 7.27. The molecule has 144 valence electrons. The smallest absolute Gasteiger partial charge is 0.331 e. The van der Waals surface area contributed by atoms with E-state index >= 15 is 0 Å². The van der Waals surface area contributed by atoms with Crippen molar-refractivity contribution in [3.8, 4) is 5.75 Å². The van der Waals surface area contributed by atoms with Gasteiger partial charge < -0.3 is 10.1 Å². The molecule has 0 unspecified atom stereocenters. The number of aryl methyl sites for hydroxylation is 1. The maximum absolute atomic E-state index is 14.2. The van der Waals surface area contributed by atoms with E-state index in [4.69, 9.17) is 4.74 Å². The summed E-state index contributed by atoms with van der Waals surface area (Å²) in [5.41, 5.74) is 0.996. The highest BCUT2D eigenvalue weighted by Crippen LogP contribution is 2.31. The molecule has 0 radical (unpaired) electrons. The van der Waals surface area contributed by atoms with Gasteiger partial charge in [0.2, 0.25) is 5.82 Å². The standard InChI is InChI=1S/C18H17FN6O3/c1-9(2)25-16-11(7-21-25)6-20-15(23-16)17(26)24-8-28-13-5-10(3)4-12(19)14(13)22-18(24)27/h4-7,9H,8H2,1-3H3,(H,22,27). The van der Waals surface area contributed by atoms with Crippen molar-refractivity contribution in [2.24, 2.45) is 0 Å². The molecule has 9 nitrogen and oxygen atoms in total. The van der Waals surface area contributed by atoms with Crippen LogP contribution >= 0.6 is 0 Å². The lowest BCUT2D eigenvalue weighted by atomic mass is 10.2. The van der Waals surface area contributed by atoms with E-state index in [-0.39, 0.29) is 23.3 Å². The fourth-order valence-corrected chi connectivity index (χ4v) is 2.90. The van der Waals surface area contributed by atoms with Crippen molar-refractivity contribution in [2.45, 2.75) is 26.8 Å². The number of anilines is 1. The second kappa shape index (κ2) is 6.55. The van der Waals surface area contributed by atoms with Gasteiger partial charge in [-0.1, -0.05) is 0 Å². The topological polar surface area (TPSA) is 102 Å². The predicted octanol–water partition coefficient (Wildman–Crippen LogP) is 2.88. The SMILES string of the molecule is Cc1cc(F)c2c(c1)OCN(C(=O)c1ncc3cnn(C(C)C)c3n1)C(=O)N2. The number of ether oxygens (including phenoxy) is 1. The molecule has 3 aromatic rings. The number of carbonyl (C=O) groups excluding carboxylic acids is 2. The van der Waals surface area contributed by atoms with Crippen LogP contribution in [0.25, 0.3) is 11.0 Å². The molecule has 1 N–H and O–H groups in total.